The Labute approximate surface area is 133 Å². The predicted octanol–water partition coefficient (Wildman–Crippen LogP) is 2.18. The molecular weight excluding hydrogens is 280 g/mol. The molecule has 1 saturated heterocycles. The third kappa shape index (κ3) is 2.52. The van der Waals surface area contributed by atoms with E-state index in [1.54, 1.807) is 0 Å². The predicted molar refractivity (Wildman–Crippen MR) is 84.6 cm³/mol. The lowest BCUT2D eigenvalue weighted by Gasteiger charge is -2.56. The number of fused-ring (bicyclic) bond motifs is 2. The van der Waals surface area contributed by atoms with Gasteiger partial charge in [-0.25, -0.2) is 4.79 Å². The van der Waals surface area contributed by atoms with Crippen LogP contribution in [0.4, 0.5) is 4.79 Å². The van der Waals surface area contributed by atoms with Crippen molar-refractivity contribution >= 4 is 6.03 Å². The van der Waals surface area contributed by atoms with Crippen molar-refractivity contribution < 1.29 is 14.6 Å². The van der Waals surface area contributed by atoms with Crippen LogP contribution in [0.2, 0.25) is 0 Å². The number of nitrogens with one attached hydrogen (secondary N) is 2. The molecule has 3 N–H and O–H groups in total. The van der Waals surface area contributed by atoms with Crippen LogP contribution in [0.3, 0.4) is 0 Å². The van der Waals surface area contributed by atoms with Crippen molar-refractivity contribution in [3.05, 3.63) is 0 Å². The van der Waals surface area contributed by atoms with Gasteiger partial charge in [-0.2, -0.15) is 0 Å². The van der Waals surface area contributed by atoms with Crippen LogP contribution in [0.5, 0.6) is 0 Å². The highest BCUT2D eigenvalue weighted by atomic mass is 16.5. The number of carbonyl (C=O) groups is 1. The van der Waals surface area contributed by atoms with Crippen LogP contribution >= 0.6 is 0 Å². The van der Waals surface area contributed by atoms with E-state index in [4.69, 9.17) is 4.74 Å². The minimum absolute atomic E-state index is 0.0839. The zero-order valence-corrected chi connectivity index (χ0v) is 13.9. The average molecular weight is 310 g/mol. The maximum absolute atomic E-state index is 12.5. The lowest BCUT2D eigenvalue weighted by atomic mass is 9.54. The molecule has 0 radical (unpaired) electrons. The van der Waals surface area contributed by atoms with Crippen LogP contribution in [-0.4, -0.2) is 42.0 Å². The van der Waals surface area contributed by atoms with E-state index >= 15 is 0 Å². The number of hydrogen-bond acceptors (Lipinski definition) is 3. The number of hydrogen-bond donors (Lipinski definition) is 3. The summed E-state index contributed by atoms with van der Waals surface area (Å²) in [6.07, 6.45) is 7.71. The van der Waals surface area contributed by atoms with Gasteiger partial charge in [-0.1, -0.05) is 19.8 Å². The van der Waals surface area contributed by atoms with Gasteiger partial charge in [0.1, 0.15) is 0 Å². The third-order valence-electron chi connectivity index (χ3n) is 6.43. The second-order valence-electron chi connectivity index (χ2n) is 7.65. The highest BCUT2D eigenvalue weighted by molar-refractivity contribution is 5.75. The summed E-state index contributed by atoms with van der Waals surface area (Å²) < 4.78 is 5.96. The first-order valence-electron chi connectivity index (χ1n) is 8.86. The molecule has 1 heterocycles. The standard InChI is InChI=1S/C17H30N2O3/c1-3-16(2,9-10-20)19-15(21)18-13-12-6-11-22-14(12)17(13)7-4-5-8-17/h12-14,20H,3-11H2,1-2H3,(H2,18,19,21). The lowest BCUT2D eigenvalue weighted by molar-refractivity contribution is -0.126. The lowest BCUT2D eigenvalue weighted by Crippen LogP contribution is -2.69. The zero-order valence-electron chi connectivity index (χ0n) is 13.9. The van der Waals surface area contributed by atoms with E-state index < -0.39 is 0 Å². The molecule has 2 amide bonds. The van der Waals surface area contributed by atoms with Gasteiger partial charge >= 0.3 is 6.03 Å². The molecule has 1 spiro atoms. The molecule has 2 saturated carbocycles. The molecule has 0 aromatic carbocycles. The molecule has 4 unspecified atom stereocenters. The fourth-order valence-corrected chi connectivity index (χ4v) is 4.93. The highest BCUT2D eigenvalue weighted by Crippen LogP contribution is 2.60. The number of carbonyl (C=O) groups excluding carboxylic acids is 1. The summed E-state index contributed by atoms with van der Waals surface area (Å²) >= 11 is 0. The van der Waals surface area contributed by atoms with E-state index in [9.17, 15) is 9.90 Å². The number of aliphatic hydroxyl groups is 1. The van der Waals surface area contributed by atoms with Gasteiger partial charge in [-0.15, -0.1) is 0 Å². The number of amides is 2. The van der Waals surface area contributed by atoms with Gasteiger partial charge in [0.05, 0.1) is 6.10 Å². The monoisotopic (exact) mass is 310 g/mol. The van der Waals surface area contributed by atoms with Crippen LogP contribution < -0.4 is 10.6 Å². The Balaban J connectivity index is 1.63. The molecule has 2 aliphatic carbocycles. The first-order chi connectivity index (χ1) is 10.5. The molecule has 126 valence electrons. The smallest absolute Gasteiger partial charge is 0.315 e. The third-order valence-corrected chi connectivity index (χ3v) is 6.43. The molecule has 3 fully saturated rings. The minimum Gasteiger partial charge on any atom is -0.396 e. The van der Waals surface area contributed by atoms with Crippen LogP contribution in [0, 0.1) is 11.3 Å². The van der Waals surface area contributed by atoms with Crippen molar-refractivity contribution in [2.75, 3.05) is 13.2 Å². The number of ether oxygens (including phenoxy) is 1. The molecule has 0 aromatic rings. The van der Waals surface area contributed by atoms with Crippen molar-refractivity contribution in [2.45, 2.75) is 76.5 Å². The van der Waals surface area contributed by atoms with Crippen molar-refractivity contribution in [1.29, 1.82) is 0 Å². The fraction of sp³-hybridized carbons (Fsp3) is 0.941. The van der Waals surface area contributed by atoms with E-state index in [1.165, 1.54) is 25.7 Å². The Hall–Kier alpha value is -0.810. The molecule has 0 aromatic heterocycles. The second kappa shape index (κ2) is 6.00. The van der Waals surface area contributed by atoms with E-state index in [2.05, 4.69) is 10.6 Å². The molecule has 4 atom stereocenters. The Bertz CT molecular complexity index is 422. The zero-order chi connectivity index (χ0) is 15.8. The highest BCUT2D eigenvalue weighted by Gasteiger charge is 2.65. The van der Waals surface area contributed by atoms with E-state index in [1.807, 2.05) is 13.8 Å². The number of rotatable bonds is 5. The van der Waals surface area contributed by atoms with Crippen molar-refractivity contribution in [2.24, 2.45) is 11.3 Å². The SMILES string of the molecule is CCC(C)(CCO)NC(=O)NC1C2CCOC2C12CCCC2. The second-order valence-corrected chi connectivity index (χ2v) is 7.65. The van der Waals surface area contributed by atoms with Gasteiger partial charge in [0.25, 0.3) is 0 Å². The molecular formula is C17H30N2O3. The molecule has 0 bridgehead atoms. The quantitative estimate of drug-likeness (QED) is 0.729. The maximum atomic E-state index is 12.5. The molecule has 5 heteroatoms. The average Bonchev–Trinajstić information content (AvgIpc) is 3.13. The van der Waals surface area contributed by atoms with Gasteiger partial charge in [0.15, 0.2) is 0 Å². The summed E-state index contributed by atoms with van der Waals surface area (Å²) in [7, 11) is 0. The van der Waals surface area contributed by atoms with Gasteiger partial charge < -0.3 is 20.5 Å². The number of aliphatic hydroxyl groups excluding tert-OH is 1. The first kappa shape index (κ1) is 16.1. The van der Waals surface area contributed by atoms with Gasteiger partial charge in [0, 0.05) is 36.1 Å². The van der Waals surface area contributed by atoms with E-state index in [0.717, 1.165) is 19.4 Å². The Morgan fingerprint density at radius 2 is 2.14 bits per heavy atom. The molecule has 3 aliphatic rings. The van der Waals surface area contributed by atoms with Crippen molar-refractivity contribution in [1.82, 2.24) is 10.6 Å². The van der Waals surface area contributed by atoms with Gasteiger partial charge in [-0.3, -0.25) is 0 Å². The van der Waals surface area contributed by atoms with Gasteiger partial charge in [0.2, 0.25) is 0 Å². The summed E-state index contributed by atoms with van der Waals surface area (Å²) in [6, 6.07) is 0.178. The topological polar surface area (TPSA) is 70.6 Å². The summed E-state index contributed by atoms with van der Waals surface area (Å²) in [5.41, 5.74) is -0.144. The fourth-order valence-electron chi connectivity index (χ4n) is 4.93. The van der Waals surface area contributed by atoms with Crippen molar-refractivity contribution in [3.8, 4) is 0 Å². The van der Waals surface area contributed by atoms with Crippen LogP contribution in [0.25, 0.3) is 0 Å². The summed E-state index contributed by atoms with van der Waals surface area (Å²) in [4.78, 5) is 12.5. The first-order valence-corrected chi connectivity index (χ1v) is 8.86. The Morgan fingerprint density at radius 3 is 2.77 bits per heavy atom. The molecule has 3 rings (SSSR count). The van der Waals surface area contributed by atoms with Crippen molar-refractivity contribution in [3.63, 3.8) is 0 Å². The van der Waals surface area contributed by atoms with Gasteiger partial charge in [-0.05, 0) is 39.0 Å². The Kier molecular flexibility index (Phi) is 4.38. The molecule has 5 nitrogen and oxygen atoms in total. The normalized spacial score (nSPS) is 34.8. The summed E-state index contributed by atoms with van der Waals surface area (Å²) in [6.45, 7) is 4.97. The molecule has 1 aliphatic heterocycles. The maximum Gasteiger partial charge on any atom is 0.315 e. The summed E-state index contributed by atoms with van der Waals surface area (Å²) in [5, 5.41) is 15.5. The largest absolute Gasteiger partial charge is 0.396 e. The summed E-state index contributed by atoms with van der Waals surface area (Å²) in [5.74, 6) is 0.495. The number of urea groups is 1. The Morgan fingerprint density at radius 1 is 1.41 bits per heavy atom. The van der Waals surface area contributed by atoms with Crippen LogP contribution in [-0.2, 0) is 4.74 Å². The van der Waals surface area contributed by atoms with E-state index in [0.29, 0.717) is 18.4 Å². The molecule has 22 heavy (non-hydrogen) atoms. The minimum atomic E-state index is -0.336. The van der Waals surface area contributed by atoms with E-state index in [-0.39, 0.29) is 29.6 Å². The van der Waals surface area contributed by atoms with Crippen LogP contribution in [0.15, 0.2) is 0 Å². The van der Waals surface area contributed by atoms with Crippen LogP contribution in [0.1, 0.15) is 58.8 Å².